The number of hydrogen-bond acceptors (Lipinski definition) is 2. The van der Waals surface area contributed by atoms with Crippen molar-refractivity contribution in [3.8, 4) is 0 Å². The summed E-state index contributed by atoms with van der Waals surface area (Å²) in [5.41, 5.74) is -0.488. The zero-order valence-corrected chi connectivity index (χ0v) is 7.47. The van der Waals surface area contributed by atoms with Crippen LogP contribution in [0.3, 0.4) is 0 Å². The van der Waals surface area contributed by atoms with Crippen molar-refractivity contribution in [2.45, 2.75) is 19.3 Å². The maximum Gasteiger partial charge on any atom is 0.416 e. The van der Waals surface area contributed by atoms with Gasteiger partial charge >= 0.3 is 6.18 Å². The second-order valence-corrected chi connectivity index (χ2v) is 2.90. The SMILES string of the molecule is CC(O)Nc1cccc(C(F)(F)F)c1. The van der Waals surface area contributed by atoms with Crippen molar-refractivity contribution in [2.24, 2.45) is 0 Å². The van der Waals surface area contributed by atoms with Crippen molar-refractivity contribution in [3.05, 3.63) is 29.8 Å². The van der Waals surface area contributed by atoms with E-state index in [2.05, 4.69) is 5.32 Å². The summed E-state index contributed by atoms with van der Waals surface area (Å²) >= 11 is 0. The van der Waals surface area contributed by atoms with Crippen LogP contribution in [0.5, 0.6) is 0 Å². The van der Waals surface area contributed by atoms with Crippen molar-refractivity contribution in [2.75, 3.05) is 5.32 Å². The maximum atomic E-state index is 12.2. The molecule has 1 aromatic carbocycles. The van der Waals surface area contributed by atoms with Crippen LogP contribution >= 0.6 is 0 Å². The number of rotatable bonds is 2. The van der Waals surface area contributed by atoms with E-state index in [1.54, 1.807) is 0 Å². The molecule has 0 aliphatic heterocycles. The fraction of sp³-hybridized carbons (Fsp3) is 0.333. The first kappa shape index (κ1) is 10.8. The van der Waals surface area contributed by atoms with Crippen LogP contribution in [0, 0.1) is 0 Å². The third kappa shape index (κ3) is 2.92. The summed E-state index contributed by atoms with van der Waals surface area (Å²) in [4.78, 5) is 0. The highest BCUT2D eigenvalue weighted by Crippen LogP contribution is 2.30. The quantitative estimate of drug-likeness (QED) is 0.727. The average molecular weight is 205 g/mol. The maximum absolute atomic E-state index is 12.2. The van der Waals surface area contributed by atoms with Crippen molar-refractivity contribution >= 4 is 5.69 Å². The molecular formula is C9H10F3NO. The first-order valence-corrected chi connectivity index (χ1v) is 4.01. The van der Waals surface area contributed by atoms with Crippen molar-refractivity contribution in [1.29, 1.82) is 0 Å². The Morgan fingerprint density at radius 2 is 2.00 bits per heavy atom. The van der Waals surface area contributed by atoms with E-state index < -0.39 is 18.0 Å². The predicted octanol–water partition coefficient (Wildman–Crippen LogP) is 2.46. The minimum atomic E-state index is -4.35. The summed E-state index contributed by atoms with van der Waals surface area (Å²) in [6, 6.07) is 4.68. The number of halogens is 3. The summed E-state index contributed by atoms with van der Waals surface area (Å²) in [7, 11) is 0. The second-order valence-electron chi connectivity index (χ2n) is 2.90. The fourth-order valence-corrected chi connectivity index (χ4v) is 1.03. The summed E-state index contributed by atoms with van der Waals surface area (Å²) < 4.78 is 36.6. The van der Waals surface area contributed by atoms with Gasteiger partial charge < -0.3 is 10.4 Å². The Morgan fingerprint density at radius 1 is 1.36 bits per heavy atom. The van der Waals surface area contributed by atoms with Gasteiger partial charge in [0.05, 0.1) is 5.56 Å². The van der Waals surface area contributed by atoms with Gasteiger partial charge in [0.1, 0.15) is 6.23 Å². The van der Waals surface area contributed by atoms with Crippen LogP contribution < -0.4 is 5.32 Å². The molecule has 0 bridgehead atoms. The van der Waals surface area contributed by atoms with Crippen LogP contribution in [0.1, 0.15) is 12.5 Å². The highest BCUT2D eigenvalue weighted by molar-refractivity contribution is 5.46. The largest absolute Gasteiger partial charge is 0.416 e. The van der Waals surface area contributed by atoms with E-state index in [1.807, 2.05) is 0 Å². The van der Waals surface area contributed by atoms with Crippen molar-refractivity contribution in [3.63, 3.8) is 0 Å². The highest BCUT2D eigenvalue weighted by atomic mass is 19.4. The summed E-state index contributed by atoms with van der Waals surface area (Å²) in [5.74, 6) is 0. The van der Waals surface area contributed by atoms with Crippen molar-refractivity contribution < 1.29 is 18.3 Å². The molecule has 1 unspecified atom stereocenters. The molecule has 0 aliphatic carbocycles. The van der Waals surface area contributed by atoms with Gasteiger partial charge in [0, 0.05) is 5.69 Å². The Bertz CT molecular complexity index is 309. The topological polar surface area (TPSA) is 32.3 Å². The number of aliphatic hydroxyl groups excluding tert-OH is 1. The standard InChI is InChI=1S/C9H10F3NO/c1-6(14)13-8-4-2-3-7(5-8)9(10,11)12/h2-6,13-14H,1H3. The number of nitrogens with one attached hydrogen (secondary N) is 1. The molecule has 2 nitrogen and oxygen atoms in total. The first-order chi connectivity index (χ1) is 6.39. The lowest BCUT2D eigenvalue weighted by molar-refractivity contribution is -0.137. The van der Waals surface area contributed by atoms with E-state index in [0.29, 0.717) is 0 Å². The van der Waals surface area contributed by atoms with Crippen molar-refractivity contribution in [1.82, 2.24) is 0 Å². The van der Waals surface area contributed by atoms with Crippen LogP contribution in [0.2, 0.25) is 0 Å². The lowest BCUT2D eigenvalue weighted by atomic mass is 10.2. The molecule has 1 atom stereocenters. The summed E-state index contributed by atoms with van der Waals surface area (Å²) in [6.45, 7) is 1.43. The molecule has 0 heterocycles. The smallest absolute Gasteiger partial charge is 0.374 e. The number of anilines is 1. The molecule has 0 saturated heterocycles. The van der Waals surface area contributed by atoms with Crippen LogP contribution in [0.25, 0.3) is 0 Å². The number of aliphatic hydroxyl groups is 1. The Balaban J connectivity index is 2.90. The van der Waals surface area contributed by atoms with Gasteiger partial charge in [-0.05, 0) is 25.1 Å². The molecule has 1 aromatic rings. The molecule has 78 valence electrons. The van der Waals surface area contributed by atoms with E-state index in [1.165, 1.54) is 19.1 Å². The number of benzene rings is 1. The van der Waals surface area contributed by atoms with E-state index >= 15 is 0 Å². The molecule has 0 saturated carbocycles. The number of alkyl halides is 3. The van der Waals surface area contributed by atoms with Crippen LogP contribution in [-0.2, 0) is 6.18 Å². The Labute approximate surface area is 79.4 Å². The Morgan fingerprint density at radius 3 is 2.50 bits per heavy atom. The van der Waals surface area contributed by atoms with E-state index in [-0.39, 0.29) is 5.69 Å². The third-order valence-corrected chi connectivity index (χ3v) is 1.57. The monoisotopic (exact) mass is 205 g/mol. The van der Waals surface area contributed by atoms with E-state index in [0.717, 1.165) is 12.1 Å². The highest BCUT2D eigenvalue weighted by Gasteiger charge is 2.30. The molecule has 0 spiro atoms. The van der Waals surface area contributed by atoms with Crippen LogP contribution in [0.15, 0.2) is 24.3 Å². The van der Waals surface area contributed by atoms with Gasteiger partial charge in [-0.25, -0.2) is 0 Å². The summed E-state index contributed by atoms with van der Waals surface area (Å²) in [6.07, 6.45) is -5.23. The second kappa shape index (κ2) is 3.88. The number of hydrogen-bond donors (Lipinski definition) is 2. The summed E-state index contributed by atoms with van der Waals surface area (Å²) in [5, 5.41) is 11.4. The zero-order chi connectivity index (χ0) is 10.8. The van der Waals surface area contributed by atoms with Crippen LogP contribution in [0.4, 0.5) is 18.9 Å². The fourth-order valence-electron chi connectivity index (χ4n) is 1.03. The minimum absolute atomic E-state index is 0.245. The lowest BCUT2D eigenvalue weighted by Gasteiger charge is -2.11. The molecule has 5 heteroatoms. The first-order valence-electron chi connectivity index (χ1n) is 4.01. The van der Waals surface area contributed by atoms with Gasteiger partial charge in [-0.2, -0.15) is 13.2 Å². The molecular weight excluding hydrogens is 195 g/mol. The van der Waals surface area contributed by atoms with Gasteiger partial charge in [-0.1, -0.05) is 6.07 Å². The molecule has 0 fully saturated rings. The van der Waals surface area contributed by atoms with Crippen LogP contribution in [-0.4, -0.2) is 11.3 Å². The van der Waals surface area contributed by atoms with E-state index in [9.17, 15) is 13.2 Å². The van der Waals surface area contributed by atoms with Gasteiger partial charge in [0.25, 0.3) is 0 Å². The third-order valence-electron chi connectivity index (χ3n) is 1.57. The lowest BCUT2D eigenvalue weighted by Crippen LogP contribution is -2.14. The minimum Gasteiger partial charge on any atom is -0.374 e. The molecule has 0 radical (unpaired) electrons. The van der Waals surface area contributed by atoms with Gasteiger partial charge in [-0.15, -0.1) is 0 Å². The Kier molecular flexibility index (Phi) is 3.00. The Hall–Kier alpha value is -1.23. The zero-order valence-electron chi connectivity index (χ0n) is 7.47. The van der Waals surface area contributed by atoms with E-state index in [4.69, 9.17) is 5.11 Å². The molecule has 0 aromatic heterocycles. The molecule has 1 rings (SSSR count). The predicted molar refractivity (Wildman–Crippen MR) is 46.7 cm³/mol. The normalized spacial score (nSPS) is 13.8. The average Bonchev–Trinajstić information content (AvgIpc) is 2.01. The van der Waals surface area contributed by atoms with Gasteiger partial charge in [0.2, 0.25) is 0 Å². The molecule has 2 N–H and O–H groups in total. The molecule has 0 aliphatic rings. The molecule has 14 heavy (non-hydrogen) atoms. The molecule has 0 amide bonds. The van der Waals surface area contributed by atoms with Gasteiger partial charge in [-0.3, -0.25) is 0 Å². The van der Waals surface area contributed by atoms with Gasteiger partial charge in [0.15, 0.2) is 0 Å².